The van der Waals surface area contributed by atoms with Gasteiger partial charge in [-0.05, 0) is 53.6 Å². The van der Waals surface area contributed by atoms with Crippen LogP contribution in [0.15, 0.2) is 127 Å². The van der Waals surface area contributed by atoms with E-state index in [-0.39, 0.29) is 5.57 Å². The van der Waals surface area contributed by atoms with Gasteiger partial charge >= 0.3 is 0 Å². The van der Waals surface area contributed by atoms with E-state index in [1.807, 2.05) is 128 Å². The molecule has 4 aromatic carbocycles. The summed E-state index contributed by atoms with van der Waals surface area (Å²) < 4.78 is 7.68. The second kappa shape index (κ2) is 12.2. The number of carbonyl (C=O) groups excluding carboxylic acids is 1. The molecule has 0 bridgehead atoms. The highest BCUT2D eigenvalue weighted by Crippen LogP contribution is 2.28. The first-order valence-electron chi connectivity index (χ1n) is 12.6. The molecule has 0 saturated heterocycles. The maximum atomic E-state index is 12.9. The van der Waals surface area contributed by atoms with Crippen LogP contribution in [0.5, 0.6) is 5.75 Å². The second-order valence-electron chi connectivity index (χ2n) is 8.85. The molecular weight excluding hydrogens is 484 g/mol. The molecule has 6 nitrogen and oxygen atoms in total. The molecule has 0 aliphatic rings. The maximum Gasteiger partial charge on any atom is 0.262 e. The van der Waals surface area contributed by atoms with Crippen LogP contribution in [0.1, 0.15) is 16.7 Å². The molecule has 0 spiro atoms. The van der Waals surface area contributed by atoms with Gasteiger partial charge in [0.1, 0.15) is 24.0 Å². The number of benzene rings is 4. The van der Waals surface area contributed by atoms with Crippen LogP contribution in [0.2, 0.25) is 0 Å². The molecule has 1 heterocycles. The lowest BCUT2D eigenvalue weighted by molar-refractivity contribution is -0.117. The largest absolute Gasteiger partial charge is 0.489 e. The summed E-state index contributed by atoms with van der Waals surface area (Å²) in [5.41, 5.74) is 5.06. The fourth-order valence-corrected chi connectivity index (χ4v) is 4.06. The van der Waals surface area contributed by atoms with Crippen LogP contribution in [0, 0.1) is 11.3 Å². The van der Waals surface area contributed by atoms with Gasteiger partial charge in [-0.3, -0.25) is 4.79 Å². The standard InChI is InChI=1S/C33H26N4O2/c34-21-28(33(38)35-22-25-10-4-1-5-11-25)20-29-23-37(30-14-8-3-9-15-30)36-32(29)27-16-18-31(19-17-27)39-24-26-12-6-2-7-13-26/h1-20,23H,22,24H2,(H,35,38)/b28-20+. The number of amides is 1. The molecule has 1 amide bonds. The number of aromatic nitrogens is 2. The van der Waals surface area contributed by atoms with Crippen LogP contribution in [-0.2, 0) is 17.9 Å². The van der Waals surface area contributed by atoms with E-state index in [9.17, 15) is 10.1 Å². The number of nitrogens with zero attached hydrogens (tertiary/aromatic N) is 3. The molecule has 39 heavy (non-hydrogen) atoms. The summed E-state index contributed by atoms with van der Waals surface area (Å²) in [6, 6.07) is 38.9. The molecule has 0 saturated carbocycles. The summed E-state index contributed by atoms with van der Waals surface area (Å²) in [6.45, 7) is 0.805. The summed E-state index contributed by atoms with van der Waals surface area (Å²) in [7, 11) is 0. The lowest BCUT2D eigenvalue weighted by atomic mass is 10.1. The summed E-state index contributed by atoms with van der Waals surface area (Å²) in [5.74, 6) is 0.296. The number of para-hydroxylation sites is 1. The average Bonchev–Trinajstić information content (AvgIpc) is 3.43. The van der Waals surface area contributed by atoms with Crippen LogP contribution in [0.3, 0.4) is 0 Å². The monoisotopic (exact) mass is 510 g/mol. The van der Waals surface area contributed by atoms with Gasteiger partial charge in [-0.1, -0.05) is 78.9 Å². The lowest BCUT2D eigenvalue weighted by Crippen LogP contribution is -2.23. The molecule has 6 heteroatoms. The Hall–Kier alpha value is -5.41. The van der Waals surface area contributed by atoms with E-state index < -0.39 is 5.91 Å². The molecule has 0 radical (unpaired) electrons. The van der Waals surface area contributed by atoms with Crippen molar-refractivity contribution in [3.63, 3.8) is 0 Å². The Morgan fingerprint density at radius 2 is 1.46 bits per heavy atom. The minimum Gasteiger partial charge on any atom is -0.489 e. The lowest BCUT2D eigenvalue weighted by Gasteiger charge is -2.07. The normalized spacial score (nSPS) is 11.0. The highest BCUT2D eigenvalue weighted by atomic mass is 16.5. The summed E-state index contributed by atoms with van der Waals surface area (Å²) in [5, 5.41) is 17.4. The van der Waals surface area contributed by atoms with Gasteiger partial charge in [0, 0.05) is 23.9 Å². The predicted molar refractivity (Wildman–Crippen MR) is 152 cm³/mol. The van der Waals surface area contributed by atoms with Crippen molar-refractivity contribution in [2.75, 3.05) is 0 Å². The Labute approximate surface area is 227 Å². The third-order valence-corrected chi connectivity index (χ3v) is 6.10. The first-order chi connectivity index (χ1) is 19.2. The zero-order chi connectivity index (χ0) is 26.9. The van der Waals surface area contributed by atoms with E-state index in [2.05, 4.69) is 5.32 Å². The van der Waals surface area contributed by atoms with E-state index >= 15 is 0 Å². The molecule has 1 N–H and O–H groups in total. The first-order valence-corrected chi connectivity index (χ1v) is 12.6. The molecule has 5 aromatic rings. The number of nitriles is 1. The SMILES string of the molecule is N#C/C(=C\c1cn(-c2ccccc2)nc1-c1ccc(OCc2ccccc2)cc1)C(=O)NCc1ccccc1. The third kappa shape index (κ3) is 6.48. The molecular formula is C33H26N4O2. The molecule has 0 atom stereocenters. The Balaban J connectivity index is 1.41. The van der Waals surface area contributed by atoms with Crippen molar-refractivity contribution in [1.29, 1.82) is 5.26 Å². The van der Waals surface area contributed by atoms with Crippen molar-refractivity contribution < 1.29 is 9.53 Å². The van der Waals surface area contributed by atoms with Crippen LogP contribution in [-0.4, -0.2) is 15.7 Å². The number of ether oxygens (including phenoxy) is 1. The van der Waals surface area contributed by atoms with Gasteiger partial charge in [0.05, 0.1) is 11.4 Å². The Morgan fingerprint density at radius 3 is 2.10 bits per heavy atom. The van der Waals surface area contributed by atoms with Crippen molar-refractivity contribution in [1.82, 2.24) is 15.1 Å². The third-order valence-electron chi connectivity index (χ3n) is 6.10. The fourth-order valence-electron chi connectivity index (χ4n) is 4.06. The zero-order valence-corrected chi connectivity index (χ0v) is 21.2. The van der Waals surface area contributed by atoms with Crippen molar-refractivity contribution in [3.8, 4) is 28.8 Å². The van der Waals surface area contributed by atoms with Crippen LogP contribution in [0.4, 0.5) is 0 Å². The van der Waals surface area contributed by atoms with Gasteiger partial charge in [-0.2, -0.15) is 10.4 Å². The minimum absolute atomic E-state index is 0.00241. The van der Waals surface area contributed by atoms with Crippen LogP contribution >= 0.6 is 0 Å². The second-order valence-corrected chi connectivity index (χ2v) is 8.85. The van der Waals surface area contributed by atoms with Crippen LogP contribution in [0.25, 0.3) is 23.0 Å². The summed E-state index contributed by atoms with van der Waals surface area (Å²) in [6.07, 6.45) is 3.41. The predicted octanol–water partition coefficient (Wildman–Crippen LogP) is 6.34. The van der Waals surface area contributed by atoms with Crippen molar-refractivity contribution in [2.24, 2.45) is 0 Å². The van der Waals surface area contributed by atoms with Gasteiger partial charge in [-0.25, -0.2) is 4.68 Å². The topological polar surface area (TPSA) is 79.9 Å². The Morgan fingerprint density at radius 1 is 0.846 bits per heavy atom. The highest BCUT2D eigenvalue weighted by Gasteiger charge is 2.15. The van der Waals surface area contributed by atoms with Gasteiger partial charge in [0.25, 0.3) is 5.91 Å². The van der Waals surface area contributed by atoms with Gasteiger partial charge in [0.2, 0.25) is 0 Å². The van der Waals surface area contributed by atoms with Crippen molar-refractivity contribution in [2.45, 2.75) is 13.2 Å². The Kier molecular flexibility index (Phi) is 7.91. The molecule has 0 unspecified atom stereocenters. The van der Waals surface area contributed by atoms with Crippen LogP contribution < -0.4 is 10.1 Å². The molecule has 190 valence electrons. The van der Waals surface area contributed by atoms with Gasteiger partial charge in [-0.15, -0.1) is 0 Å². The van der Waals surface area contributed by atoms with Gasteiger partial charge in [0.15, 0.2) is 0 Å². The number of hydrogen-bond donors (Lipinski definition) is 1. The van der Waals surface area contributed by atoms with E-state index in [4.69, 9.17) is 9.84 Å². The molecule has 0 aliphatic heterocycles. The number of rotatable bonds is 9. The maximum absolute atomic E-state index is 12.9. The highest BCUT2D eigenvalue weighted by molar-refractivity contribution is 6.02. The fraction of sp³-hybridized carbons (Fsp3) is 0.0606. The molecule has 0 fully saturated rings. The minimum atomic E-state index is -0.440. The van der Waals surface area contributed by atoms with E-state index in [1.54, 1.807) is 10.8 Å². The average molecular weight is 511 g/mol. The van der Waals surface area contributed by atoms with E-state index in [0.717, 1.165) is 28.1 Å². The molecule has 1 aromatic heterocycles. The number of carbonyl (C=O) groups is 1. The van der Waals surface area contributed by atoms with Crippen molar-refractivity contribution >= 4 is 12.0 Å². The summed E-state index contributed by atoms with van der Waals surface area (Å²) >= 11 is 0. The van der Waals surface area contributed by atoms with Crippen molar-refractivity contribution in [3.05, 3.63) is 144 Å². The smallest absolute Gasteiger partial charge is 0.262 e. The van der Waals surface area contributed by atoms with E-state index in [0.29, 0.717) is 24.4 Å². The number of nitrogens with one attached hydrogen (secondary N) is 1. The van der Waals surface area contributed by atoms with Gasteiger partial charge < -0.3 is 10.1 Å². The molecule has 5 rings (SSSR count). The first kappa shape index (κ1) is 25.2. The van der Waals surface area contributed by atoms with E-state index in [1.165, 1.54) is 0 Å². The number of hydrogen-bond acceptors (Lipinski definition) is 4. The zero-order valence-electron chi connectivity index (χ0n) is 21.2. The summed E-state index contributed by atoms with van der Waals surface area (Å²) in [4.78, 5) is 12.9. The Bertz CT molecular complexity index is 1600. The molecule has 0 aliphatic carbocycles. The quantitative estimate of drug-likeness (QED) is 0.185.